The smallest absolute Gasteiger partial charge is 0.224 e. The average molecular weight is 311 g/mol. The molecule has 1 aliphatic carbocycles. The number of allylic oxidation sites excluding steroid dienone is 1. The molecule has 0 saturated heterocycles. The van der Waals surface area contributed by atoms with Crippen molar-refractivity contribution >= 4 is 16.9 Å². The number of hydrogen-bond acceptors (Lipinski definition) is 2. The van der Waals surface area contributed by atoms with Gasteiger partial charge in [0.1, 0.15) is 5.82 Å². The standard InChI is InChI=1S/C19H25N3O/c1-14-21-17-12-16(8-9-18(17)22(14)2)13-19(23)20-11-10-15-6-4-3-5-7-15/h6,8-9,12H,3-5,7,10-11,13H2,1-2H3,(H,20,23). The second kappa shape index (κ2) is 6.99. The summed E-state index contributed by atoms with van der Waals surface area (Å²) in [5, 5.41) is 3.04. The van der Waals surface area contributed by atoms with E-state index in [1.807, 2.05) is 32.2 Å². The number of fused-ring (bicyclic) bond motifs is 1. The summed E-state index contributed by atoms with van der Waals surface area (Å²) in [5.74, 6) is 1.08. The molecule has 0 bridgehead atoms. The van der Waals surface area contributed by atoms with Gasteiger partial charge in [-0.1, -0.05) is 17.7 Å². The summed E-state index contributed by atoms with van der Waals surface area (Å²) in [6, 6.07) is 6.09. The van der Waals surface area contributed by atoms with E-state index in [1.54, 1.807) is 0 Å². The van der Waals surface area contributed by atoms with Crippen LogP contribution in [0.3, 0.4) is 0 Å². The number of hydrogen-bond donors (Lipinski definition) is 1. The Kier molecular flexibility index (Phi) is 4.79. The summed E-state index contributed by atoms with van der Waals surface area (Å²) in [6.07, 6.45) is 8.76. The predicted molar refractivity (Wildman–Crippen MR) is 93.3 cm³/mol. The highest BCUT2D eigenvalue weighted by Crippen LogP contribution is 2.19. The zero-order chi connectivity index (χ0) is 16.2. The van der Waals surface area contributed by atoms with Crippen LogP contribution < -0.4 is 5.32 Å². The van der Waals surface area contributed by atoms with Crippen LogP contribution in [0.25, 0.3) is 11.0 Å². The first-order chi connectivity index (χ1) is 11.1. The topological polar surface area (TPSA) is 46.9 Å². The van der Waals surface area contributed by atoms with Gasteiger partial charge >= 0.3 is 0 Å². The third kappa shape index (κ3) is 3.81. The number of imidazole rings is 1. The largest absolute Gasteiger partial charge is 0.355 e. The molecular weight excluding hydrogens is 286 g/mol. The van der Waals surface area contributed by atoms with Crippen LogP contribution >= 0.6 is 0 Å². The van der Waals surface area contributed by atoms with Crippen molar-refractivity contribution in [1.29, 1.82) is 0 Å². The molecule has 0 unspecified atom stereocenters. The van der Waals surface area contributed by atoms with E-state index >= 15 is 0 Å². The van der Waals surface area contributed by atoms with E-state index in [1.165, 1.54) is 31.3 Å². The second-order valence-corrected chi connectivity index (χ2v) is 6.43. The lowest BCUT2D eigenvalue weighted by Crippen LogP contribution is -2.26. The molecule has 23 heavy (non-hydrogen) atoms. The molecule has 1 N–H and O–H groups in total. The molecule has 3 rings (SSSR count). The number of nitrogens with zero attached hydrogens (tertiary/aromatic N) is 2. The fourth-order valence-corrected chi connectivity index (χ4v) is 3.22. The van der Waals surface area contributed by atoms with Crippen molar-refractivity contribution in [3.8, 4) is 0 Å². The van der Waals surface area contributed by atoms with E-state index in [0.717, 1.165) is 35.4 Å². The summed E-state index contributed by atoms with van der Waals surface area (Å²) < 4.78 is 2.07. The molecule has 0 saturated carbocycles. The summed E-state index contributed by atoms with van der Waals surface area (Å²) in [6.45, 7) is 2.74. The molecule has 0 radical (unpaired) electrons. The number of aromatic nitrogens is 2. The van der Waals surface area contributed by atoms with Gasteiger partial charge in [-0.3, -0.25) is 4.79 Å². The van der Waals surface area contributed by atoms with Gasteiger partial charge in [0.05, 0.1) is 17.5 Å². The van der Waals surface area contributed by atoms with Gasteiger partial charge in [0, 0.05) is 13.6 Å². The van der Waals surface area contributed by atoms with E-state index < -0.39 is 0 Å². The maximum absolute atomic E-state index is 12.1. The van der Waals surface area contributed by atoms with Crippen LogP contribution in [0.15, 0.2) is 29.8 Å². The van der Waals surface area contributed by atoms with E-state index in [0.29, 0.717) is 6.42 Å². The van der Waals surface area contributed by atoms with Crippen molar-refractivity contribution in [2.24, 2.45) is 7.05 Å². The van der Waals surface area contributed by atoms with Gasteiger partial charge in [0.15, 0.2) is 0 Å². The van der Waals surface area contributed by atoms with Crippen LogP contribution in [0.4, 0.5) is 0 Å². The van der Waals surface area contributed by atoms with Crippen LogP contribution in [-0.2, 0) is 18.3 Å². The molecule has 0 atom stereocenters. The predicted octanol–water partition coefficient (Wildman–Crippen LogP) is 3.43. The molecule has 122 valence electrons. The number of carbonyl (C=O) groups is 1. The first-order valence-electron chi connectivity index (χ1n) is 8.50. The van der Waals surface area contributed by atoms with E-state index in [9.17, 15) is 4.79 Å². The van der Waals surface area contributed by atoms with Crippen LogP contribution in [-0.4, -0.2) is 22.0 Å². The SMILES string of the molecule is Cc1nc2cc(CC(=O)NCCC3=CCCCC3)ccc2n1C. The van der Waals surface area contributed by atoms with Crippen molar-refractivity contribution in [3.63, 3.8) is 0 Å². The minimum Gasteiger partial charge on any atom is -0.355 e. The van der Waals surface area contributed by atoms with Crippen LogP contribution in [0.2, 0.25) is 0 Å². The van der Waals surface area contributed by atoms with Crippen molar-refractivity contribution in [2.45, 2.75) is 45.4 Å². The van der Waals surface area contributed by atoms with Gasteiger partial charge in [-0.25, -0.2) is 4.98 Å². The molecule has 1 aliphatic rings. The number of benzene rings is 1. The zero-order valence-corrected chi connectivity index (χ0v) is 14.1. The Hall–Kier alpha value is -2.10. The fraction of sp³-hybridized carbons (Fsp3) is 0.474. The normalized spacial score (nSPS) is 14.8. The fourth-order valence-electron chi connectivity index (χ4n) is 3.22. The maximum Gasteiger partial charge on any atom is 0.224 e. The van der Waals surface area contributed by atoms with Gasteiger partial charge in [-0.15, -0.1) is 0 Å². The molecule has 0 spiro atoms. The first kappa shape index (κ1) is 15.8. The zero-order valence-electron chi connectivity index (χ0n) is 14.1. The Labute approximate surface area is 137 Å². The lowest BCUT2D eigenvalue weighted by atomic mass is 9.97. The molecule has 1 amide bonds. The van der Waals surface area contributed by atoms with Gasteiger partial charge in [0.2, 0.25) is 5.91 Å². The van der Waals surface area contributed by atoms with Crippen LogP contribution in [0.1, 0.15) is 43.5 Å². The quantitative estimate of drug-likeness (QED) is 0.860. The van der Waals surface area contributed by atoms with Crippen molar-refractivity contribution in [3.05, 3.63) is 41.2 Å². The lowest BCUT2D eigenvalue weighted by molar-refractivity contribution is -0.120. The minimum atomic E-state index is 0.0911. The highest BCUT2D eigenvalue weighted by atomic mass is 16.1. The molecule has 4 heteroatoms. The molecule has 0 fully saturated rings. The molecule has 1 aromatic heterocycles. The van der Waals surface area contributed by atoms with Gasteiger partial charge in [0.25, 0.3) is 0 Å². The second-order valence-electron chi connectivity index (χ2n) is 6.43. The number of carbonyl (C=O) groups excluding carboxylic acids is 1. The van der Waals surface area contributed by atoms with Crippen molar-refractivity contribution < 1.29 is 4.79 Å². The Bertz CT molecular complexity index is 742. The lowest BCUT2D eigenvalue weighted by Gasteiger charge is -2.13. The van der Waals surface area contributed by atoms with Gasteiger partial charge in [-0.2, -0.15) is 0 Å². The van der Waals surface area contributed by atoms with Gasteiger partial charge in [-0.05, 0) is 56.7 Å². The van der Waals surface area contributed by atoms with Crippen LogP contribution in [0, 0.1) is 6.92 Å². The Morgan fingerprint density at radius 2 is 2.22 bits per heavy atom. The minimum absolute atomic E-state index is 0.0911. The summed E-state index contributed by atoms with van der Waals surface area (Å²) in [4.78, 5) is 16.6. The van der Waals surface area contributed by atoms with Crippen LogP contribution in [0.5, 0.6) is 0 Å². The number of nitrogens with one attached hydrogen (secondary N) is 1. The average Bonchev–Trinajstić information content (AvgIpc) is 2.82. The molecule has 2 aromatic rings. The molecule has 1 aromatic carbocycles. The summed E-state index contributed by atoms with van der Waals surface area (Å²) >= 11 is 0. The van der Waals surface area contributed by atoms with Crippen molar-refractivity contribution in [1.82, 2.24) is 14.9 Å². The van der Waals surface area contributed by atoms with E-state index in [2.05, 4.69) is 20.9 Å². The Balaban J connectivity index is 1.54. The summed E-state index contributed by atoms with van der Waals surface area (Å²) in [7, 11) is 2.01. The number of amides is 1. The Morgan fingerprint density at radius 3 is 3.00 bits per heavy atom. The number of aryl methyl sites for hydroxylation is 2. The molecular formula is C19H25N3O. The highest BCUT2D eigenvalue weighted by Gasteiger charge is 2.09. The Morgan fingerprint density at radius 1 is 1.35 bits per heavy atom. The summed E-state index contributed by atoms with van der Waals surface area (Å²) in [5.41, 5.74) is 4.59. The number of rotatable bonds is 5. The van der Waals surface area contributed by atoms with E-state index in [-0.39, 0.29) is 5.91 Å². The highest BCUT2D eigenvalue weighted by molar-refractivity contribution is 5.82. The molecule has 1 heterocycles. The molecule has 0 aliphatic heterocycles. The molecule has 4 nitrogen and oxygen atoms in total. The third-order valence-corrected chi connectivity index (χ3v) is 4.69. The van der Waals surface area contributed by atoms with Crippen molar-refractivity contribution in [2.75, 3.05) is 6.54 Å². The monoisotopic (exact) mass is 311 g/mol. The van der Waals surface area contributed by atoms with Gasteiger partial charge < -0.3 is 9.88 Å². The first-order valence-corrected chi connectivity index (χ1v) is 8.50. The third-order valence-electron chi connectivity index (χ3n) is 4.69. The maximum atomic E-state index is 12.1. The van der Waals surface area contributed by atoms with E-state index in [4.69, 9.17) is 0 Å².